The number of rotatable bonds is 5. The zero-order valence-electron chi connectivity index (χ0n) is 17.5. The van der Waals surface area contributed by atoms with Gasteiger partial charge in [0.05, 0.1) is 18.0 Å². The van der Waals surface area contributed by atoms with Crippen LogP contribution in [0, 0.1) is 0 Å². The van der Waals surface area contributed by atoms with Gasteiger partial charge in [0, 0.05) is 57.9 Å². The molecule has 0 amide bonds. The van der Waals surface area contributed by atoms with Gasteiger partial charge in [-0.15, -0.1) is 0 Å². The van der Waals surface area contributed by atoms with Crippen molar-refractivity contribution in [2.45, 2.75) is 13.3 Å². The van der Waals surface area contributed by atoms with Crippen molar-refractivity contribution in [3.8, 4) is 11.1 Å². The molecule has 29 heavy (non-hydrogen) atoms. The number of benzene rings is 1. The lowest BCUT2D eigenvalue weighted by molar-refractivity contribution is 0.946. The fourth-order valence-electron chi connectivity index (χ4n) is 3.40. The molecule has 0 fully saturated rings. The van der Waals surface area contributed by atoms with E-state index in [-0.39, 0.29) is 0 Å². The molecule has 0 aliphatic heterocycles. The maximum atomic E-state index is 4.60. The highest BCUT2D eigenvalue weighted by Gasteiger charge is 2.13. The van der Waals surface area contributed by atoms with Crippen molar-refractivity contribution in [2.75, 3.05) is 30.9 Å². The van der Waals surface area contributed by atoms with Crippen LogP contribution in [0.15, 0.2) is 49.2 Å². The maximum Gasteiger partial charge on any atom is 0.224 e. The van der Waals surface area contributed by atoms with Crippen molar-refractivity contribution in [1.29, 1.82) is 0 Å². The average Bonchev–Trinajstić information content (AvgIpc) is 3.13. The summed E-state index contributed by atoms with van der Waals surface area (Å²) >= 11 is 0. The second-order valence-corrected chi connectivity index (χ2v) is 7.31. The number of pyridine rings is 1. The molecule has 0 aliphatic rings. The molecule has 7 nitrogen and oxygen atoms in total. The second-order valence-electron chi connectivity index (χ2n) is 7.31. The summed E-state index contributed by atoms with van der Waals surface area (Å²) in [5, 5.41) is 0. The Labute approximate surface area is 170 Å². The largest absolute Gasteiger partial charge is 0.347 e. The van der Waals surface area contributed by atoms with E-state index < -0.39 is 0 Å². The Bertz CT molecular complexity index is 1150. The van der Waals surface area contributed by atoms with E-state index in [9.17, 15) is 0 Å². The molecule has 3 heterocycles. The summed E-state index contributed by atoms with van der Waals surface area (Å²) in [6.45, 7) is 2.17. The topological polar surface area (TPSA) is 63.0 Å². The number of imidazole rings is 1. The van der Waals surface area contributed by atoms with Crippen molar-refractivity contribution >= 4 is 28.5 Å². The van der Waals surface area contributed by atoms with Crippen LogP contribution in [0.5, 0.6) is 0 Å². The number of nitrogens with zero attached hydrogens (tertiary/aromatic N) is 7. The third-order valence-electron chi connectivity index (χ3n) is 5.13. The van der Waals surface area contributed by atoms with Crippen LogP contribution in [0.3, 0.4) is 0 Å². The van der Waals surface area contributed by atoms with Crippen molar-refractivity contribution < 1.29 is 0 Å². The van der Waals surface area contributed by atoms with Gasteiger partial charge in [0.2, 0.25) is 5.95 Å². The molecular formula is C22H25N7. The Hall–Kier alpha value is -3.48. The number of aromatic nitrogens is 5. The number of anilines is 3. The van der Waals surface area contributed by atoms with Crippen molar-refractivity contribution in [3.63, 3.8) is 0 Å². The zero-order valence-corrected chi connectivity index (χ0v) is 17.5. The van der Waals surface area contributed by atoms with Gasteiger partial charge >= 0.3 is 0 Å². The predicted octanol–water partition coefficient (Wildman–Crippen LogP) is 3.82. The molecule has 0 aliphatic carbocycles. The minimum Gasteiger partial charge on any atom is -0.347 e. The smallest absolute Gasteiger partial charge is 0.224 e. The van der Waals surface area contributed by atoms with Crippen LogP contribution < -0.4 is 9.80 Å². The normalized spacial score (nSPS) is 11.1. The molecule has 4 aromatic rings. The third-order valence-corrected chi connectivity index (χ3v) is 5.13. The lowest BCUT2D eigenvalue weighted by Crippen LogP contribution is -2.13. The predicted molar refractivity (Wildman–Crippen MR) is 118 cm³/mol. The molecule has 1 aromatic carbocycles. The summed E-state index contributed by atoms with van der Waals surface area (Å²) < 4.78 is 2.01. The van der Waals surface area contributed by atoms with Crippen molar-refractivity contribution in [2.24, 2.45) is 7.05 Å². The molecule has 0 bridgehead atoms. The van der Waals surface area contributed by atoms with Gasteiger partial charge in [0.25, 0.3) is 0 Å². The number of fused-ring (bicyclic) bond motifs is 1. The first-order chi connectivity index (χ1) is 14.0. The van der Waals surface area contributed by atoms with E-state index >= 15 is 0 Å². The summed E-state index contributed by atoms with van der Waals surface area (Å²) in [7, 11) is 7.92. The van der Waals surface area contributed by atoms with Crippen molar-refractivity contribution in [1.82, 2.24) is 24.5 Å². The molecule has 4 rings (SSSR count). The molecule has 0 unspecified atom stereocenters. The Morgan fingerprint density at radius 3 is 2.34 bits per heavy atom. The molecule has 0 atom stereocenters. The van der Waals surface area contributed by atoms with Gasteiger partial charge in [-0.3, -0.25) is 0 Å². The van der Waals surface area contributed by atoms with Gasteiger partial charge < -0.3 is 14.4 Å². The Kier molecular flexibility index (Phi) is 4.88. The quantitative estimate of drug-likeness (QED) is 0.519. The SMILES string of the molecule is CCc1cc(-c2cnc(N(C)C)nc2)ccc1N(C)c1cc2c(cn1)ncn2C. The van der Waals surface area contributed by atoms with E-state index in [1.807, 2.05) is 62.6 Å². The van der Waals surface area contributed by atoms with E-state index in [1.165, 1.54) is 5.56 Å². The second kappa shape index (κ2) is 7.50. The molecule has 0 saturated heterocycles. The van der Waals surface area contributed by atoms with Crippen LogP contribution in [0.25, 0.3) is 22.2 Å². The molecule has 0 spiro atoms. The minimum absolute atomic E-state index is 0.706. The first kappa shape index (κ1) is 18.9. The fourth-order valence-corrected chi connectivity index (χ4v) is 3.40. The van der Waals surface area contributed by atoms with Gasteiger partial charge in [-0.05, 0) is 29.7 Å². The standard InChI is InChI=1S/C22H25N7/c1-6-15-9-16(17-11-24-22(25-12-17)27(2)3)7-8-19(15)29(5)21-10-20-18(13-23-21)26-14-28(20)4/h7-14H,6H2,1-5H3. The maximum absolute atomic E-state index is 4.60. The summed E-state index contributed by atoms with van der Waals surface area (Å²) in [6.07, 6.45) is 8.30. The van der Waals surface area contributed by atoms with Crippen LogP contribution in [0.1, 0.15) is 12.5 Å². The van der Waals surface area contributed by atoms with Gasteiger partial charge in [0.1, 0.15) is 11.3 Å². The lowest BCUT2D eigenvalue weighted by Gasteiger charge is -2.22. The molecule has 0 saturated carbocycles. The average molecular weight is 387 g/mol. The van der Waals surface area contributed by atoms with Crippen LogP contribution in [0.4, 0.5) is 17.5 Å². The first-order valence-electron chi connectivity index (χ1n) is 9.61. The Morgan fingerprint density at radius 2 is 1.66 bits per heavy atom. The highest BCUT2D eigenvalue weighted by Crippen LogP contribution is 2.31. The monoisotopic (exact) mass is 387 g/mol. The highest BCUT2D eigenvalue weighted by atomic mass is 15.2. The molecule has 148 valence electrons. The van der Waals surface area contributed by atoms with Gasteiger partial charge in [-0.1, -0.05) is 13.0 Å². The number of aryl methyl sites for hydroxylation is 2. The third kappa shape index (κ3) is 3.51. The molecule has 3 aromatic heterocycles. The zero-order chi connectivity index (χ0) is 20.5. The molecule has 7 heteroatoms. The van der Waals surface area contributed by atoms with Gasteiger partial charge in [-0.2, -0.15) is 0 Å². The van der Waals surface area contributed by atoms with Gasteiger partial charge in [0.15, 0.2) is 0 Å². The first-order valence-corrected chi connectivity index (χ1v) is 9.61. The van der Waals surface area contributed by atoms with Crippen LogP contribution in [-0.4, -0.2) is 45.6 Å². The summed E-state index contributed by atoms with van der Waals surface area (Å²) in [4.78, 5) is 21.8. The summed E-state index contributed by atoms with van der Waals surface area (Å²) in [5.74, 6) is 1.60. The Morgan fingerprint density at radius 1 is 0.897 bits per heavy atom. The highest BCUT2D eigenvalue weighted by molar-refractivity contribution is 5.79. The van der Waals surface area contributed by atoms with Crippen LogP contribution >= 0.6 is 0 Å². The number of hydrogen-bond donors (Lipinski definition) is 0. The molecular weight excluding hydrogens is 362 g/mol. The van der Waals surface area contributed by atoms with E-state index in [4.69, 9.17) is 0 Å². The van der Waals surface area contributed by atoms with Crippen LogP contribution in [0.2, 0.25) is 0 Å². The van der Waals surface area contributed by atoms with Gasteiger partial charge in [-0.25, -0.2) is 19.9 Å². The minimum atomic E-state index is 0.706. The summed E-state index contributed by atoms with van der Waals surface area (Å²) in [6, 6.07) is 8.54. The van der Waals surface area contributed by atoms with E-state index in [2.05, 4.69) is 56.0 Å². The fraction of sp³-hybridized carbons (Fsp3) is 0.273. The van der Waals surface area contributed by atoms with Crippen LogP contribution in [-0.2, 0) is 13.5 Å². The summed E-state index contributed by atoms with van der Waals surface area (Å²) in [5.41, 5.74) is 6.46. The van der Waals surface area contributed by atoms with Crippen molar-refractivity contribution in [3.05, 3.63) is 54.7 Å². The number of hydrogen-bond acceptors (Lipinski definition) is 6. The van der Waals surface area contributed by atoms with E-state index in [0.717, 1.165) is 40.1 Å². The molecule has 0 N–H and O–H groups in total. The lowest BCUT2D eigenvalue weighted by atomic mass is 10.0. The van der Waals surface area contributed by atoms with E-state index in [0.29, 0.717) is 5.95 Å². The van der Waals surface area contributed by atoms with E-state index in [1.54, 1.807) is 0 Å². The Balaban J connectivity index is 1.69. The molecule has 0 radical (unpaired) electrons.